The number of nitrogens with zero attached hydrogens (tertiary/aromatic N) is 4. The molecule has 0 aliphatic rings. The quantitative estimate of drug-likeness (QED) is 0.217. The third-order valence-corrected chi connectivity index (χ3v) is 7.21. The molecule has 0 bridgehead atoms. The van der Waals surface area contributed by atoms with Gasteiger partial charge in [-0.25, -0.2) is 9.97 Å². The van der Waals surface area contributed by atoms with Crippen LogP contribution >= 0.6 is 23.4 Å². The second-order valence-corrected chi connectivity index (χ2v) is 10.1. The lowest BCUT2D eigenvalue weighted by Crippen LogP contribution is -2.26. The number of fused-ring (bicyclic) bond motifs is 2. The lowest BCUT2D eigenvalue weighted by atomic mass is 10.2. The molecule has 0 aliphatic carbocycles. The van der Waals surface area contributed by atoms with E-state index in [2.05, 4.69) is 10.3 Å². The van der Waals surface area contributed by atoms with Gasteiger partial charge in [0.25, 0.3) is 11.1 Å². The van der Waals surface area contributed by atoms with Crippen molar-refractivity contribution in [3.05, 3.63) is 116 Å². The summed E-state index contributed by atoms with van der Waals surface area (Å²) in [4.78, 5) is 47.5. The summed E-state index contributed by atoms with van der Waals surface area (Å²) in [5.74, 6) is 0.257. The van der Waals surface area contributed by atoms with E-state index in [4.69, 9.17) is 16.6 Å². The van der Waals surface area contributed by atoms with Crippen LogP contribution < -0.4 is 16.4 Å². The molecule has 0 fully saturated rings. The minimum absolute atomic E-state index is 0.109. The number of carbonyl (C=O) groups is 1. The summed E-state index contributed by atoms with van der Waals surface area (Å²) in [6, 6.07) is 21.4. The number of para-hydroxylation sites is 1. The van der Waals surface area contributed by atoms with Crippen LogP contribution in [-0.2, 0) is 23.6 Å². The number of halogens is 1. The van der Waals surface area contributed by atoms with Gasteiger partial charge in [0.2, 0.25) is 5.91 Å². The SMILES string of the molecule is O=C(CCCn1c(SCc2cc(=O)n3ccccc3n2)nc2ccccc2c1=O)NCc1cccc(Cl)c1. The Morgan fingerprint density at radius 3 is 2.68 bits per heavy atom. The third kappa shape index (κ3) is 5.95. The Morgan fingerprint density at radius 1 is 0.974 bits per heavy atom. The molecule has 0 unspecified atom stereocenters. The van der Waals surface area contributed by atoms with Crippen molar-refractivity contribution < 1.29 is 4.79 Å². The van der Waals surface area contributed by atoms with Crippen molar-refractivity contribution in [1.29, 1.82) is 0 Å². The number of pyridine rings is 1. The van der Waals surface area contributed by atoms with Gasteiger partial charge < -0.3 is 5.32 Å². The van der Waals surface area contributed by atoms with Crippen LogP contribution in [-0.4, -0.2) is 24.8 Å². The molecule has 5 aromatic rings. The number of rotatable bonds is 9. The topological polar surface area (TPSA) is 98.4 Å². The van der Waals surface area contributed by atoms with Crippen molar-refractivity contribution >= 4 is 45.8 Å². The van der Waals surface area contributed by atoms with Gasteiger partial charge in [0.1, 0.15) is 5.65 Å². The van der Waals surface area contributed by atoms with E-state index in [1.165, 1.54) is 22.2 Å². The van der Waals surface area contributed by atoms with Gasteiger partial charge in [-0.15, -0.1) is 0 Å². The van der Waals surface area contributed by atoms with Crippen LogP contribution in [0.5, 0.6) is 0 Å². The molecule has 3 aromatic heterocycles. The first-order valence-electron chi connectivity index (χ1n) is 12.1. The molecule has 38 heavy (non-hydrogen) atoms. The molecule has 0 saturated carbocycles. The van der Waals surface area contributed by atoms with Gasteiger partial charge in [-0.1, -0.05) is 53.7 Å². The predicted molar refractivity (Wildman–Crippen MR) is 150 cm³/mol. The number of hydrogen-bond acceptors (Lipinski definition) is 6. The van der Waals surface area contributed by atoms with Crippen LogP contribution in [0, 0.1) is 0 Å². The molecule has 5 rings (SSSR count). The maximum absolute atomic E-state index is 13.3. The number of aromatic nitrogens is 4. The molecule has 192 valence electrons. The van der Waals surface area contributed by atoms with E-state index >= 15 is 0 Å². The van der Waals surface area contributed by atoms with E-state index in [9.17, 15) is 14.4 Å². The van der Waals surface area contributed by atoms with Gasteiger partial charge in [0.15, 0.2) is 5.16 Å². The van der Waals surface area contributed by atoms with Crippen molar-refractivity contribution in [2.45, 2.75) is 36.8 Å². The average molecular weight is 546 g/mol. The first-order chi connectivity index (χ1) is 18.5. The number of thioether (sulfide) groups is 1. The molecule has 0 atom stereocenters. The highest BCUT2D eigenvalue weighted by molar-refractivity contribution is 7.98. The largest absolute Gasteiger partial charge is 0.352 e. The fourth-order valence-corrected chi connectivity index (χ4v) is 5.23. The van der Waals surface area contributed by atoms with E-state index in [-0.39, 0.29) is 23.4 Å². The Morgan fingerprint density at radius 2 is 1.82 bits per heavy atom. The normalized spacial score (nSPS) is 11.2. The average Bonchev–Trinajstić information content (AvgIpc) is 2.92. The van der Waals surface area contributed by atoms with Gasteiger partial charge in [0, 0.05) is 42.5 Å². The molecule has 0 aliphatic heterocycles. The summed E-state index contributed by atoms with van der Waals surface area (Å²) in [7, 11) is 0. The number of benzene rings is 2. The standard InChI is InChI=1S/C28H24ClN5O3S/c29-20-8-5-7-19(15-20)17-30-25(35)12-6-14-34-27(37)22-9-1-2-10-23(22)32-28(34)38-18-21-16-26(36)33-13-4-3-11-24(33)31-21/h1-5,7-11,13,15-16H,6,12,14,17-18H2,(H,30,35). The Hall–Kier alpha value is -3.95. The zero-order valence-electron chi connectivity index (χ0n) is 20.3. The Kier molecular flexibility index (Phi) is 7.86. The first kappa shape index (κ1) is 25.7. The van der Waals surface area contributed by atoms with Crippen molar-refractivity contribution in [1.82, 2.24) is 24.3 Å². The maximum Gasteiger partial charge on any atom is 0.262 e. The van der Waals surface area contributed by atoms with Crippen LogP contribution in [0.15, 0.2) is 93.7 Å². The van der Waals surface area contributed by atoms with Gasteiger partial charge in [-0.05, 0) is 48.4 Å². The van der Waals surface area contributed by atoms with Gasteiger partial charge in [0.05, 0.1) is 16.6 Å². The summed E-state index contributed by atoms with van der Waals surface area (Å²) in [5, 5.41) is 4.55. The van der Waals surface area contributed by atoms with Gasteiger partial charge in [-0.2, -0.15) is 0 Å². The lowest BCUT2D eigenvalue weighted by Gasteiger charge is -2.13. The van der Waals surface area contributed by atoms with Crippen LogP contribution in [0.2, 0.25) is 5.02 Å². The molecule has 3 heterocycles. The van der Waals surface area contributed by atoms with E-state index in [1.807, 2.05) is 30.3 Å². The molecular formula is C28H24ClN5O3S. The van der Waals surface area contributed by atoms with E-state index in [0.29, 0.717) is 57.7 Å². The first-order valence-corrected chi connectivity index (χ1v) is 13.4. The molecule has 0 radical (unpaired) electrons. The summed E-state index contributed by atoms with van der Waals surface area (Å²) in [5.41, 5.74) is 2.34. The monoisotopic (exact) mass is 545 g/mol. The van der Waals surface area contributed by atoms with Crippen LogP contribution in [0.25, 0.3) is 16.6 Å². The maximum atomic E-state index is 13.3. The second kappa shape index (κ2) is 11.6. The van der Waals surface area contributed by atoms with Crippen molar-refractivity contribution in [3.63, 3.8) is 0 Å². The number of amides is 1. The molecule has 1 N–H and O–H groups in total. The van der Waals surface area contributed by atoms with E-state index in [1.54, 1.807) is 47.2 Å². The van der Waals surface area contributed by atoms with E-state index < -0.39 is 0 Å². The van der Waals surface area contributed by atoms with Crippen LogP contribution in [0.1, 0.15) is 24.1 Å². The number of nitrogens with one attached hydrogen (secondary N) is 1. The van der Waals surface area contributed by atoms with E-state index in [0.717, 1.165) is 5.56 Å². The minimum atomic E-state index is -0.168. The second-order valence-electron chi connectivity index (χ2n) is 8.68. The number of hydrogen-bond donors (Lipinski definition) is 1. The van der Waals surface area contributed by atoms with Crippen molar-refractivity contribution in [3.8, 4) is 0 Å². The Balaban J connectivity index is 1.31. The summed E-state index contributed by atoms with van der Waals surface area (Å²) in [6.45, 7) is 0.716. The third-order valence-electron chi connectivity index (χ3n) is 5.96. The molecule has 1 amide bonds. The lowest BCUT2D eigenvalue weighted by molar-refractivity contribution is -0.121. The fourth-order valence-electron chi connectivity index (χ4n) is 4.10. The summed E-state index contributed by atoms with van der Waals surface area (Å²) in [6.07, 6.45) is 2.40. The van der Waals surface area contributed by atoms with Crippen molar-refractivity contribution in [2.24, 2.45) is 0 Å². The Bertz CT molecular complexity index is 1750. The van der Waals surface area contributed by atoms with Gasteiger partial charge >= 0.3 is 0 Å². The molecular weight excluding hydrogens is 522 g/mol. The fraction of sp³-hybridized carbons (Fsp3) is 0.179. The smallest absolute Gasteiger partial charge is 0.262 e. The Labute approximate surface area is 227 Å². The van der Waals surface area contributed by atoms with Crippen molar-refractivity contribution in [2.75, 3.05) is 0 Å². The van der Waals surface area contributed by atoms with Gasteiger partial charge in [-0.3, -0.25) is 23.4 Å². The highest BCUT2D eigenvalue weighted by Gasteiger charge is 2.13. The number of carbonyl (C=O) groups excluding carboxylic acids is 1. The minimum Gasteiger partial charge on any atom is -0.352 e. The van der Waals surface area contributed by atoms with Crippen LogP contribution in [0.4, 0.5) is 0 Å². The molecule has 8 nitrogen and oxygen atoms in total. The molecule has 0 saturated heterocycles. The summed E-state index contributed by atoms with van der Waals surface area (Å²) >= 11 is 7.35. The molecule has 10 heteroatoms. The molecule has 0 spiro atoms. The highest BCUT2D eigenvalue weighted by atomic mass is 35.5. The highest BCUT2D eigenvalue weighted by Crippen LogP contribution is 2.22. The molecule has 2 aromatic carbocycles. The predicted octanol–water partition coefficient (Wildman–Crippen LogP) is 4.45. The van der Waals surface area contributed by atoms with Crippen LogP contribution in [0.3, 0.4) is 0 Å². The summed E-state index contributed by atoms with van der Waals surface area (Å²) < 4.78 is 3.08. The zero-order chi connectivity index (χ0) is 26.5. The zero-order valence-corrected chi connectivity index (χ0v) is 21.9.